The van der Waals surface area contributed by atoms with E-state index in [9.17, 15) is 9.70 Å². The van der Waals surface area contributed by atoms with Gasteiger partial charge in [-0.15, -0.1) is 4.91 Å². The summed E-state index contributed by atoms with van der Waals surface area (Å²) in [5.41, 5.74) is 5.89. The molecule has 1 aromatic carbocycles. The Balaban J connectivity index is 3.18. The van der Waals surface area contributed by atoms with Gasteiger partial charge in [-0.25, -0.2) is 5.01 Å². The molecule has 0 heterocycles. The number of rotatable bonds is 4. The number of hydrogen-bond acceptors (Lipinski definition) is 3. The smallest absolute Gasteiger partial charge is 0.250 e. The number of benzene rings is 1. The van der Waals surface area contributed by atoms with Crippen LogP contribution in [-0.2, 0) is 0 Å². The van der Waals surface area contributed by atoms with Crippen molar-refractivity contribution in [3.8, 4) is 0 Å². The number of nitrogens with two attached hydrogens (primary N) is 1. The van der Waals surface area contributed by atoms with Crippen molar-refractivity contribution in [3.05, 3.63) is 34.7 Å². The van der Waals surface area contributed by atoms with Crippen LogP contribution in [0, 0.1) is 4.91 Å². The third-order valence-corrected chi connectivity index (χ3v) is 1.85. The molecular weight excluding hydrogens is 182 g/mol. The van der Waals surface area contributed by atoms with Crippen LogP contribution >= 0.6 is 0 Å². The zero-order valence-corrected chi connectivity index (χ0v) is 7.80. The first-order valence-electron chi connectivity index (χ1n) is 4.20. The third-order valence-electron chi connectivity index (χ3n) is 1.85. The van der Waals surface area contributed by atoms with Gasteiger partial charge in [0.25, 0.3) is 5.91 Å². The van der Waals surface area contributed by atoms with E-state index < -0.39 is 5.91 Å². The van der Waals surface area contributed by atoms with Crippen LogP contribution in [0.5, 0.6) is 0 Å². The topological polar surface area (TPSA) is 75.8 Å². The molecule has 14 heavy (non-hydrogen) atoms. The predicted molar refractivity (Wildman–Crippen MR) is 53.8 cm³/mol. The minimum atomic E-state index is -0.567. The van der Waals surface area contributed by atoms with Gasteiger partial charge in [0, 0.05) is 6.54 Å². The lowest BCUT2D eigenvalue weighted by Crippen LogP contribution is -2.20. The van der Waals surface area contributed by atoms with E-state index in [4.69, 9.17) is 5.73 Å². The summed E-state index contributed by atoms with van der Waals surface area (Å²) in [4.78, 5) is 21.4. The Morgan fingerprint density at radius 1 is 1.50 bits per heavy atom. The molecule has 0 bridgehead atoms. The Hall–Kier alpha value is -1.91. The van der Waals surface area contributed by atoms with Crippen molar-refractivity contribution < 1.29 is 4.79 Å². The first-order chi connectivity index (χ1) is 6.70. The summed E-state index contributed by atoms with van der Waals surface area (Å²) in [6.45, 7) is 2.16. The van der Waals surface area contributed by atoms with E-state index >= 15 is 0 Å². The minimum Gasteiger partial charge on any atom is -0.366 e. The normalized spacial score (nSPS) is 9.50. The Bertz CT molecular complexity index is 352. The first-order valence-corrected chi connectivity index (χ1v) is 4.20. The highest BCUT2D eigenvalue weighted by Crippen LogP contribution is 2.19. The van der Waals surface area contributed by atoms with Crippen molar-refractivity contribution in [2.24, 2.45) is 11.0 Å². The standard InChI is InChI=1S/C9H11N3O2/c1-2-12(11-14)8-6-4-3-5-7(8)9(10)13/h3-6H,2H2,1H3,(H2,10,13). The van der Waals surface area contributed by atoms with Crippen LogP contribution in [-0.4, -0.2) is 12.5 Å². The second kappa shape index (κ2) is 4.36. The molecule has 0 aromatic heterocycles. The number of nitroso groups, excluding NO2 is 1. The molecule has 74 valence electrons. The lowest BCUT2D eigenvalue weighted by molar-refractivity contribution is 0.100. The molecule has 2 N–H and O–H groups in total. The highest BCUT2D eigenvalue weighted by atomic mass is 16.3. The molecule has 0 unspecified atom stereocenters. The molecule has 5 heteroatoms. The third kappa shape index (κ3) is 1.87. The molecular formula is C9H11N3O2. The van der Waals surface area contributed by atoms with E-state index in [-0.39, 0.29) is 0 Å². The van der Waals surface area contributed by atoms with Crippen LogP contribution in [0.15, 0.2) is 29.6 Å². The number of hydrogen-bond donors (Lipinski definition) is 1. The van der Waals surface area contributed by atoms with Gasteiger partial charge >= 0.3 is 0 Å². The van der Waals surface area contributed by atoms with Crippen LogP contribution in [0.3, 0.4) is 0 Å². The van der Waals surface area contributed by atoms with Crippen LogP contribution in [0.2, 0.25) is 0 Å². The van der Waals surface area contributed by atoms with Crippen molar-refractivity contribution in [2.75, 3.05) is 11.6 Å². The second-order valence-electron chi connectivity index (χ2n) is 2.68. The largest absolute Gasteiger partial charge is 0.366 e. The zero-order chi connectivity index (χ0) is 10.6. The second-order valence-corrected chi connectivity index (χ2v) is 2.68. The molecule has 1 rings (SSSR count). The summed E-state index contributed by atoms with van der Waals surface area (Å²) >= 11 is 0. The zero-order valence-electron chi connectivity index (χ0n) is 7.80. The van der Waals surface area contributed by atoms with E-state index in [0.717, 1.165) is 0 Å². The van der Waals surface area contributed by atoms with E-state index in [2.05, 4.69) is 5.29 Å². The summed E-state index contributed by atoms with van der Waals surface area (Å²) in [6.07, 6.45) is 0. The van der Waals surface area contributed by atoms with Gasteiger partial charge in [0.2, 0.25) is 0 Å². The fraction of sp³-hybridized carbons (Fsp3) is 0.222. The number of primary amides is 1. The van der Waals surface area contributed by atoms with Gasteiger partial charge in [-0.2, -0.15) is 0 Å². The summed E-state index contributed by atoms with van der Waals surface area (Å²) in [6, 6.07) is 6.59. The van der Waals surface area contributed by atoms with Gasteiger partial charge in [-0.05, 0) is 19.1 Å². The molecule has 1 amide bonds. The Kier molecular flexibility index (Phi) is 3.17. The maximum Gasteiger partial charge on any atom is 0.250 e. The van der Waals surface area contributed by atoms with Gasteiger partial charge in [-0.1, -0.05) is 12.1 Å². The fourth-order valence-corrected chi connectivity index (χ4v) is 1.18. The van der Waals surface area contributed by atoms with Gasteiger partial charge in [0.05, 0.1) is 16.5 Å². The number of amides is 1. The number of anilines is 1. The molecule has 5 nitrogen and oxygen atoms in total. The monoisotopic (exact) mass is 193 g/mol. The lowest BCUT2D eigenvalue weighted by Gasteiger charge is -2.14. The maximum absolute atomic E-state index is 11.0. The molecule has 0 aliphatic carbocycles. The van der Waals surface area contributed by atoms with Gasteiger partial charge < -0.3 is 5.73 Å². The number of nitrogens with zero attached hydrogens (tertiary/aromatic N) is 2. The molecule has 0 aliphatic rings. The molecule has 0 spiro atoms. The van der Waals surface area contributed by atoms with Crippen molar-refractivity contribution in [2.45, 2.75) is 6.92 Å². The van der Waals surface area contributed by atoms with E-state index in [1.165, 1.54) is 5.01 Å². The predicted octanol–water partition coefficient (Wildman–Crippen LogP) is 1.29. The van der Waals surface area contributed by atoms with Gasteiger partial charge in [0.15, 0.2) is 0 Å². The van der Waals surface area contributed by atoms with Crippen molar-refractivity contribution in [1.82, 2.24) is 0 Å². The van der Waals surface area contributed by atoms with Crippen molar-refractivity contribution in [3.63, 3.8) is 0 Å². The maximum atomic E-state index is 11.0. The number of para-hydroxylation sites is 1. The Morgan fingerprint density at radius 2 is 2.14 bits per heavy atom. The summed E-state index contributed by atoms with van der Waals surface area (Å²) in [5, 5.41) is 3.98. The van der Waals surface area contributed by atoms with E-state index in [1.807, 2.05) is 0 Å². The number of carbonyl (C=O) groups is 1. The molecule has 0 radical (unpaired) electrons. The van der Waals surface area contributed by atoms with Crippen LogP contribution < -0.4 is 10.7 Å². The Morgan fingerprint density at radius 3 is 2.64 bits per heavy atom. The van der Waals surface area contributed by atoms with Crippen molar-refractivity contribution in [1.29, 1.82) is 0 Å². The highest BCUT2D eigenvalue weighted by Gasteiger charge is 2.12. The molecule has 0 saturated heterocycles. The minimum absolute atomic E-state index is 0.300. The SMILES string of the molecule is CCN(N=O)c1ccccc1C(N)=O. The van der Waals surface area contributed by atoms with Gasteiger partial charge in [0.1, 0.15) is 0 Å². The molecule has 0 atom stereocenters. The quantitative estimate of drug-likeness (QED) is 0.578. The first kappa shape index (κ1) is 10.2. The van der Waals surface area contributed by atoms with E-state index in [1.54, 1.807) is 31.2 Å². The lowest BCUT2D eigenvalue weighted by atomic mass is 10.1. The summed E-state index contributed by atoms with van der Waals surface area (Å²) in [7, 11) is 0. The fourth-order valence-electron chi connectivity index (χ4n) is 1.18. The Labute approximate surface area is 81.5 Å². The molecule has 1 aromatic rings. The number of carbonyl (C=O) groups excluding carboxylic acids is 1. The molecule has 0 saturated carbocycles. The summed E-state index contributed by atoms with van der Waals surface area (Å²) in [5.74, 6) is -0.567. The summed E-state index contributed by atoms with van der Waals surface area (Å²) < 4.78 is 0. The molecule has 0 aliphatic heterocycles. The van der Waals surface area contributed by atoms with E-state index in [0.29, 0.717) is 17.8 Å². The van der Waals surface area contributed by atoms with Gasteiger partial charge in [-0.3, -0.25) is 4.79 Å². The average Bonchev–Trinajstić information content (AvgIpc) is 2.20. The van der Waals surface area contributed by atoms with Crippen molar-refractivity contribution >= 4 is 11.6 Å². The molecule has 0 fully saturated rings. The van der Waals surface area contributed by atoms with Crippen LogP contribution in [0.4, 0.5) is 5.69 Å². The highest BCUT2D eigenvalue weighted by molar-refractivity contribution is 5.98. The van der Waals surface area contributed by atoms with Crippen LogP contribution in [0.25, 0.3) is 0 Å². The average molecular weight is 193 g/mol. The van der Waals surface area contributed by atoms with Crippen LogP contribution in [0.1, 0.15) is 17.3 Å².